The number of carboxylic acid groups (broad SMARTS) is 1. The van der Waals surface area contributed by atoms with E-state index in [-0.39, 0.29) is 12.3 Å². The minimum Gasteiger partial charge on any atom is -0.497 e. The summed E-state index contributed by atoms with van der Waals surface area (Å²) in [7, 11) is 1.59. The molecule has 0 heterocycles. The van der Waals surface area contributed by atoms with E-state index in [0.29, 0.717) is 0 Å². The number of ether oxygens (including phenoxy) is 1. The molecule has 1 amide bonds. The molecule has 1 aromatic carbocycles. The van der Waals surface area contributed by atoms with E-state index in [1.807, 2.05) is 12.1 Å². The van der Waals surface area contributed by atoms with Gasteiger partial charge in [-0.3, -0.25) is 9.59 Å². The maximum atomic E-state index is 11.7. The van der Waals surface area contributed by atoms with Crippen LogP contribution >= 0.6 is 0 Å². The number of rotatable bonds is 6. The van der Waals surface area contributed by atoms with E-state index in [4.69, 9.17) is 9.84 Å². The summed E-state index contributed by atoms with van der Waals surface area (Å²) >= 11 is 0. The maximum Gasteiger partial charge on any atom is 0.305 e. The zero-order chi connectivity index (χ0) is 15.2. The van der Waals surface area contributed by atoms with E-state index >= 15 is 0 Å². The molecule has 5 heteroatoms. The molecule has 0 aromatic heterocycles. The van der Waals surface area contributed by atoms with Crippen LogP contribution in [-0.2, 0) is 9.59 Å². The second kappa shape index (κ2) is 6.75. The second-order valence-electron chi connectivity index (χ2n) is 5.05. The topological polar surface area (TPSA) is 75.6 Å². The van der Waals surface area contributed by atoms with Crippen LogP contribution in [0.4, 0.5) is 0 Å². The molecule has 1 rings (SSSR count). The molecule has 108 valence electrons. The summed E-state index contributed by atoms with van der Waals surface area (Å²) in [6.07, 6.45) is 2.91. The molecule has 0 bridgehead atoms. The fourth-order valence-corrected chi connectivity index (χ4v) is 1.68. The Balaban J connectivity index is 2.60. The highest BCUT2D eigenvalue weighted by Gasteiger charge is 2.22. The summed E-state index contributed by atoms with van der Waals surface area (Å²) in [4.78, 5) is 22.4. The Morgan fingerprint density at radius 3 is 2.40 bits per heavy atom. The minimum atomic E-state index is -0.950. The van der Waals surface area contributed by atoms with Gasteiger partial charge in [0.05, 0.1) is 13.5 Å². The van der Waals surface area contributed by atoms with E-state index in [0.717, 1.165) is 11.3 Å². The predicted octanol–water partition coefficient (Wildman–Crippen LogP) is 2.08. The van der Waals surface area contributed by atoms with Gasteiger partial charge in [0.2, 0.25) is 5.91 Å². The van der Waals surface area contributed by atoms with Crippen LogP contribution in [0.2, 0.25) is 0 Å². The van der Waals surface area contributed by atoms with E-state index in [1.165, 1.54) is 6.08 Å². The van der Waals surface area contributed by atoms with Crippen LogP contribution in [0.5, 0.6) is 5.75 Å². The molecule has 0 aliphatic heterocycles. The molecular weight excluding hydrogens is 258 g/mol. The van der Waals surface area contributed by atoms with E-state index in [9.17, 15) is 9.59 Å². The summed E-state index contributed by atoms with van der Waals surface area (Å²) in [6.45, 7) is 3.33. The van der Waals surface area contributed by atoms with Crippen LogP contribution in [0.25, 0.3) is 6.08 Å². The fourth-order valence-electron chi connectivity index (χ4n) is 1.68. The number of methoxy groups -OCH3 is 1. The van der Waals surface area contributed by atoms with Crippen molar-refractivity contribution in [2.24, 2.45) is 0 Å². The monoisotopic (exact) mass is 277 g/mol. The van der Waals surface area contributed by atoms with Crippen molar-refractivity contribution in [3.8, 4) is 5.75 Å². The van der Waals surface area contributed by atoms with Gasteiger partial charge in [0.25, 0.3) is 0 Å². The van der Waals surface area contributed by atoms with Gasteiger partial charge in [-0.05, 0) is 37.6 Å². The van der Waals surface area contributed by atoms with Gasteiger partial charge in [-0.2, -0.15) is 0 Å². The summed E-state index contributed by atoms with van der Waals surface area (Å²) < 4.78 is 5.04. The predicted molar refractivity (Wildman–Crippen MR) is 76.5 cm³/mol. The summed E-state index contributed by atoms with van der Waals surface area (Å²) in [5.74, 6) is -0.532. The Kier molecular flexibility index (Phi) is 5.32. The first-order valence-electron chi connectivity index (χ1n) is 6.18. The summed E-state index contributed by atoms with van der Waals surface area (Å²) in [5, 5.41) is 11.4. The molecule has 0 fully saturated rings. The second-order valence-corrected chi connectivity index (χ2v) is 5.05. The third kappa shape index (κ3) is 5.56. The number of aliphatic carboxylic acids is 1. The van der Waals surface area contributed by atoms with Gasteiger partial charge in [-0.25, -0.2) is 0 Å². The SMILES string of the molecule is COc1ccc(C=CC(=O)NC(C)(C)CC(=O)O)cc1. The number of nitrogens with one attached hydrogen (secondary N) is 1. The van der Waals surface area contributed by atoms with Gasteiger partial charge in [0, 0.05) is 11.6 Å². The Morgan fingerprint density at radius 1 is 1.30 bits per heavy atom. The summed E-state index contributed by atoms with van der Waals surface area (Å²) in [6, 6.07) is 7.24. The average Bonchev–Trinajstić information content (AvgIpc) is 2.34. The lowest BCUT2D eigenvalue weighted by atomic mass is 10.0. The smallest absolute Gasteiger partial charge is 0.305 e. The number of carbonyl (C=O) groups is 2. The highest BCUT2D eigenvalue weighted by Crippen LogP contribution is 2.12. The van der Waals surface area contributed by atoms with Crippen molar-refractivity contribution in [1.82, 2.24) is 5.32 Å². The van der Waals surface area contributed by atoms with E-state index < -0.39 is 11.5 Å². The maximum absolute atomic E-state index is 11.7. The van der Waals surface area contributed by atoms with Crippen molar-refractivity contribution >= 4 is 18.0 Å². The van der Waals surface area contributed by atoms with Crippen molar-refractivity contribution in [3.05, 3.63) is 35.9 Å². The molecule has 0 unspecified atom stereocenters. The molecule has 0 saturated heterocycles. The van der Waals surface area contributed by atoms with E-state index in [2.05, 4.69) is 5.32 Å². The zero-order valence-electron chi connectivity index (χ0n) is 11.8. The van der Waals surface area contributed by atoms with Crippen LogP contribution in [0.3, 0.4) is 0 Å². The van der Waals surface area contributed by atoms with Crippen molar-refractivity contribution in [2.45, 2.75) is 25.8 Å². The molecule has 20 heavy (non-hydrogen) atoms. The molecule has 2 N–H and O–H groups in total. The standard InChI is InChI=1S/C15H19NO4/c1-15(2,10-14(18)19)16-13(17)9-6-11-4-7-12(20-3)8-5-11/h4-9H,10H2,1-3H3,(H,16,17)(H,18,19). The summed E-state index contributed by atoms with van der Waals surface area (Å²) in [5.41, 5.74) is 0.0738. The van der Waals surface area contributed by atoms with Crippen molar-refractivity contribution < 1.29 is 19.4 Å². The molecule has 0 atom stereocenters. The number of carboxylic acids is 1. The highest BCUT2D eigenvalue weighted by atomic mass is 16.5. The first kappa shape index (κ1) is 15.8. The minimum absolute atomic E-state index is 0.130. The van der Waals surface area contributed by atoms with Gasteiger partial charge < -0.3 is 15.2 Å². The third-order valence-electron chi connectivity index (χ3n) is 2.60. The van der Waals surface area contributed by atoms with Crippen molar-refractivity contribution in [3.63, 3.8) is 0 Å². The van der Waals surface area contributed by atoms with Gasteiger partial charge in [-0.1, -0.05) is 12.1 Å². The van der Waals surface area contributed by atoms with Crippen LogP contribution in [0.15, 0.2) is 30.3 Å². The first-order valence-corrected chi connectivity index (χ1v) is 6.18. The normalized spacial score (nSPS) is 11.3. The Morgan fingerprint density at radius 2 is 1.90 bits per heavy atom. The molecule has 0 aliphatic carbocycles. The highest BCUT2D eigenvalue weighted by molar-refractivity contribution is 5.92. The molecule has 0 radical (unpaired) electrons. The Bertz CT molecular complexity index is 503. The van der Waals surface area contributed by atoms with Crippen molar-refractivity contribution in [1.29, 1.82) is 0 Å². The molecule has 1 aromatic rings. The Labute approximate surface area is 118 Å². The Hall–Kier alpha value is -2.30. The number of hydrogen-bond acceptors (Lipinski definition) is 3. The molecule has 0 spiro atoms. The van der Waals surface area contributed by atoms with Crippen LogP contribution in [-0.4, -0.2) is 29.6 Å². The quantitative estimate of drug-likeness (QED) is 0.781. The van der Waals surface area contributed by atoms with Gasteiger partial charge in [-0.15, -0.1) is 0 Å². The van der Waals surface area contributed by atoms with Gasteiger partial charge >= 0.3 is 5.97 Å². The first-order chi connectivity index (χ1) is 9.32. The van der Waals surface area contributed by atoms with Crippen LogP contribution < -0.4 is 10.1 Å². The lowest BCUT2D eigenvalue weighted by Gasteiger charge is -2.23. The third-order valence-corrected chi connectivity index (χ3v) is 2.60. The molecule has 5 nitrogen and oxygen atoms in total. The fraction of sp³-hybridized carbons (Fsp3) is 0.333. The van der Waals surface area contributed by atoms with Gasteiger partial charge in [0.1, 0.15) is 5.75 Å². The average molecular weight is 277 g/mol. The molecule has 0 aliphatic rings. The van der Waals surface area contributed by atoms with E-state index in [1.54, 1.807) is 39.2 Å². The molecule has 0 saturated carbocycles. The lowest BCUT2D eigenvalue weighted by Crippen LogP contribution is -2.44. The lowest BCUT2D eigenvalue weighted by molar-refractivity contribution is -0.138. The number of hydrogen-bond donors (Lipinski definition) is 2. The van der Waals surface area contributed by atoms with Crippen molar-refractivity contribution in [2.75, 3.05) is 7.11 Å². The van der Waals surface area contributed by atoms with Crippen LogP contribution in [0.1, 0.15) is 25.8 Å². The molecular formula is C15H19NO4. The zero-order valence-corrected chi connectivity index (χ0v) is 11.8. The number of carbonyl (C=O) groups excluding carboxylic acids is 1. The van der Waals surface area contributed by atoms with Gasteiger partial charge in [0.15, 0.2) is 0 Å². The van der Waals surface area contributed by atoms with Crippen LogP contribution in [0, 0.1) is 0 Å². The number of benzene rings is 1. The largest absolute Gasteiger partial charge is 0.497 e. The number of amides is 1.